The topological polar surface area (TPSA) is 113 Å². The van der Waals surface area contributed by atoms with Crippen LogP contribution in [0.2, 0.25) is 0 Å². The summed E-state index contributed by atoms with van der Waals surface area (Å²) in [5.74, 6) is -2.25. The van der Waals surface area contributed by atoms with E-state index in [1.54, 1.807) is 67.3 Å². The maximum Gasteiger partial charge on any atom is 0.266 e. The second-order valence-electron chi connectivity index (χ2n) is 8.81. The Morgan fingerprint density at radius 3 is 1.63 bits per heavy atom. The van der Waals surface area contributed by atoms with Crippen LogP contribution < -0.4 is 9.80 Å². The number of nitrogens with zero attached hydrogens (tertiary/aromatic N) is 5. The molecule has 0 saturated carbocycles. The molecule has 2 aliphatic heterocycles. The molecule has 0 unspecified atom stereocenters. The molecule has 5 heterocycles. The quantitative estimate of drug-likeness (QED) is 0.342. The van der Waals surface area contributed by atoms with Gasteiger partial charge in [-0.15, -0.1) is 0 Å². The molecule has 0 spiro atoms. The predicted octanol–water partition coefficient (Wildman–Crippen LogP) is 4.29. The molecule has 3 aromatic heterocycles. The van der Waals surface area contributed by atoms with E-state index in [0.29, 0.717) is 22.5 Å². The van der Waals surface area contributed by atoms with Gasteiger partial charge in [0.05, 0.1) is 29.3 Å². The summed E-state index contributed by atoms with van der Waals surface area (Å²) < 4.78 is 0. The van der Waals surface area contributed by atoms with Gasteiger partial charge in [-0.3, -0.25) is 34.1 Å². The Morgan fingerprint density at radius 2 is 1.05 bits per heavy atom. The van der Waals surface area contributed by atoms with Gasteiger partial charge >= 0.3 is 0 Å². The number of pyridine rings is 3. The molecule has 9 heteroatoms. The highest BCUT2D eigenvalue weighted by molar-refractivity contribution is 6.43. The highest BCUT2D eigenvalue weighted by Crippen LogP contribution is 2.44. The first-order chi connectivity index (χ1) is 18.6. The summed E-state index contributed by atoms with van der Waals surface area (Å²) in [6.07, 6.45) is 9.14. The van der Waals surface area contributed by atoms with Crippen molar-refractivity contribution in [2.75, 3.05) is 9.80 Å². The van der Waals surface area contributed by atoms with Crippen molar-refractivity contribution in [3.8, 4) is 11.1 Å². The van der Waals surface area contributed by atoms with E-state index >= 15 is 0 Å². The molecular weight excluding hydrogens is 482 g/mol. The Balaban J connectivity index is 1.58. The zero-order chi connectivity index (χ0) is 26.0. The third-order valence-electron chi connectivity index (χ3n) is 6.80. The minimum Gasteiger partial charge on any atom is -0.268 e. The monoisotopic (exact) mass is 497 g/mol. The SMILES string of the molecule is O=C1c2ccc3c4c(c(-c5ccncc5)cc(c24)C(=O)N1c1cccnc1)C(=O)N(c1cccnc1)C3=O. The van der Waals surface area contributed by atoms with Gasteiger partial charge < -0.3 is 0 Å². The number of carbonyl (C=O) groups excluding carboxylic acids is 4. The van der Waals surface area contributed by atoms with Crippen LogP contribution in [0.1, 0.15) is 41.4 Å². The normalized spacial score (nSPS) is 14.4. The predicted molar refractivity (Wildman–Crippen MR) is 138 cm³/mol. The second kappa shape index (κ2) is 7.97. The van der Waals surface area contributed by atoms with Gasteiger partial charge in [0.2, 0.25) is 0 Å². The largest absolute Gasteiger partial charge is 0.268 e. The van der Waals surface area contributed by atoms with Gasteiger partial charge in [0.15, 0.2) is 0 Å². The van der Waals surface area contributed by atoms with Gasteiger partial charge in [0.1, 0.15) is 0 Å². The molecule has 5 aromatic rings. The van der Waals surface area contributed by atoms with Crippen LogP contribution in [0.25, 0.3) is 21.9 Å². The fourth-order valence-corrected chi connectivity index (χ4v) is 5.17. The van der Waals surface area contributed by atoms with Gasteiger partial charge in [0, 0.05) is 52.3 Å². The lowest BCUT2D eigenvalue weighted by atomic mass is 9.82. The van der Waals surface area contributed by atoms with Crippen LogP contribution in [0, 0.1) is 0 Å². The number of hydrogen-bond acceptors (Lipinski definition) is 7. The summed E-state index contributed by atoms with van der Waals surface area (Å²) in [7, 11) is 0. The summed E-state index contributed by atoms with van der Waals surface area (Å²) in [6, 6.07) is 14.7. The number of amides is 4. The number of aromatic nitrogens is 3. The molecule has 2 aromatic carbocycles. The molecule has 180 valence electrons. The van der Waals surface area contributed by atoms with Crippen LogP contribution in [0.3, 0.4) is 0 Å². The fraction of sp³-hybridized carbons (Fsp3) is 0. The van der Waals surface area contributed by atoms with E-state index in [1.165, 1.54) is 24.5 Å². The zero-order valence-corrected chi connectivity index (χ0v) is 19.5. The number of hydrogen-bond donors (Lipinski definition) is 0. The van der Waals surface area contributed by atoms with Gasteiger partial charge in [0.25, 0.3) is 23.6 Å². The Kier molecular flexibility index (Phi) is 4.55. The molecule has 0 N–H and O–H groups in total. The van der Waals surface area contributed by atoms with E-state index in [4.69, 9.17) is 0 Å². The average Bonchev–Trinajstić information content (AvgIpc) is 2.96. The van der Waals surface area contributed by atoms with Crippen molar-refractivity contribution in [2.45, 2.75) is 0 Å². The summed E-state index contributed by atoms with van der Waals surface area (Å²) >= 11 is 0. The summed E-state index contributed by atoms with van der Waals surface area (Å²) in [6.45, 7) is 0. The van der Waals surface area contributed by atoms with Crippen LogP contribution in [-0.2, 0) is 0 Å². The summed E-state index contributed by atoms with van der Waals surface area (Å²) in [4.78, 5) is 69.6. The summed E-state index contributed by atoms with van der Waals surface area (Å²) in [5, 5.41) is 0.576. The van der Waals surface area contributed by atoms with Crippen LogP contribution in [-0.4, -0.2) is 38.6 Å². The average molecular weight is 497 g/mol. The van der Waals surface area contributed by atoms with E-state index in [-0.39, 0.29) is 33.0 Å². The molecule has 2 aliphatic rings. The Hall–Kier alpha value is -5.57. The smallest absolute Gasteiger partial charge is 0.266 e. The zero-order valence-electron chi connectivity index (χ0n) is 19.5. The van der Waals surface area contributed by atoms with Crippen molar-refractivity contribution < 1.29 is 19.2 Å². The molecule has 0 aliphatic carbocycles. The Morgan fingerprint density at radius 1 is 0.500 bits per heavy atom. The van der Waals surface area contributed by atoms with Crippen LogP contribution in [0.5, 0.6) is 0 Å². The second-order valence-corrected chi connectivity index (χ2v) is 8.81. The lowest BCUT2D eigenvalue weighted by molar-refractivity contribution is 0.0873. The molecule has 0 bridgehead atoms. The first-order valence-electron chi connectivity index (χ1n) is 11.7. The van der Waals surface area contributed by atoms with Crippen molar-refractivity contribution in [1.29, 1.82) is 0 Å². The van der Waals surface area contributed by atoms with E-state index in [0.717, 1.165) is 9.80 Å². The number of carbonyl (C=O) groups is 4. The lowest BCUT2D eigenvalue weighted by Crippen LogP contribution is -2.43. The van der Waals surface area contributed by atoms with E-state index in [2.05, 4.69) is 15.0 Å². The van der Waals surface area contributed by atoms with Gasteiger partial charge in [-0.25, -0.2) is 9.80 Å². The maximum atomic E-state index is 14.1. The van der Waals surface area contributed by atoms with Crippen LogP contribution in [0.4, 0.5) is 11.4 Å². The Labute approximate surface area is 215 Å². The standard InChI is InChI=1S/C29H15N5O4/c35-26-19-5-6-20-24-23(19)22(28(37)33(26)17-3-1-9-31-14-17)13-21(16-7-11-30-12-8-16)25(24)29(38)34(27(20)36)18-4-2-10-32-15-18/h1-15H. The van der Waals surface area contributed by atoms with Crippen molar-refractivity contribution in [1.82, 2.24) is 15.0 Å². The molecule has 0 fully saturated rings. The summed E-state index contributed by atoms with van der Waals surface area (Å²) in [5.41, 5.74) is 2.61. The van der Waals surface area contributed by atoms with Crippen molar-refractivity contribution >= 4 is 45.8 Å². The fourth-order valence-electron chi connectivity index (χ4n) is 5.17. The minimum atomic E-state index is -0.569. The minimum absolute atomic E-state index is 0.214. The number of imide groups is 2. The van der Waals surface area contributed by atoms with Crippen molar-refractivity contribution in [3.63, 3.8) is 0 Å². The third-order valence-corrected chi connectivity index (χ3v) is 6.80. The molecule has 38 heavy (non-hydrogen) atoms. The van der Waals surface area contributed by atoms with Crippen molar-refractivity contribution in [3.05, 3.63) is 114 Å². The first kappa shape index (κ1) is 21.7. The first-order valence-corrected chi connectivity index (χ1v) is 11.7. The van der Waals surface area contributed by atoms with Crippen LogP contribution in [0.15, 0.2) is 91.8 Å². The lowest BCUT2D eigenvalue weighted by Gasteiger charge is -2.33. The molecule has 0 radical (unpaired) electrons. The van der Waals surface area contributed by atoms with Gasteiger partial charge in [-0.1, -0.05) is 0 Å². The highest BCUT2D eigenvalue weighted by atomic mass is 16.2. The number of rotatable bonds is 3. The molecule has 4 amide bonds. The number of anilines is 2. The van der Waals surface area contributed by atoms with E-state index in [9.17, 15) is 19.2 Å². The maximum absolute atomic E-state index is 14.1. The molecule has 7 rings (SSSR count). The molecule has 0 saturated heterocycles. The highest BCUT2D eigenvalue weighted by Gasteiger charge is 2.42. The van der Waals surface area contributed by atoms with Crippen LogP contribution >= 0.6 is 0 Å². The van der Waals surface area contributed by atoms with Gasteiger partial charge in [-0.05, 0) is 65.7 Å². The van der Waals surface area contributed by atoms with Gasteiger partial charge in [-0.2, -0.15) is 0 Å². The molecular formula is C29H15N5O4. The van der Waals surface area contributed by atoms with Crippen molar-refractivity contribution in [2.24, 2.45) is 0 Å². The Bertz CT molecular complexity index is 1840. The third kappa shape index (κ3) is 2.89. The number of benzene rings is 2. The van der Waals surface area contributed by atoms with E-state index in [1.807, 2.05) is 0 Å². The molecule has 0 atom stereocenters. The molecule has 9 nitrogen and oxygen atoms in total. The van der Waals surface area contributed by atoms with E-state index < -0.39 is 23.6 Å².